The van der Waals surface area contributed by atoms with Crippen LogP contribution in [0.2, 0.25) is 0 Å². The molecular weight excluding hydrogens is 250 g/mol. The van der Waals surface area contributed by atoms with E-state index in [4.69, 9.17) is 5.26 Å². The molecule has 2 saturated heterocycles. The maximum Gasteiger partial charge on any atom is 0.227 e. The van der Waals surface area contributed by atoms with Crippen molar-refractivity contribution in [3.63, 3.8) is 0 Å². The molecule has 0 saturated carbocycles. The van der Waals surface area contributed by atoms with Gasteiger partial charge in [0.1, 0.15) is 0 Å². The van der Waals surface area contributed by atoms with Gasteiger partial charge in [0.2, 0.25) is 5.91 Å². The molecule has 2 aliphatic heterocycles. The third-order valence-electron chi connectivity index (χ3n) is 4.38. The van der Waals surface area contributed by atoms with Crippen LogP contribution in [0.4, 0.5) is 0 Å². The molecule has 2 aliphatic rings. The van der Waals surface area contributed by atoms with Gasteiger partial charge in [-0.3, -0.25) is 9.69 Å². The topological polar surface area (TPSA) is 47.3 Å². The summed E-state index contributed by atoms with van der Waals surface area (Å²) in [6.45, 7) is 3.95. The highest BCUT2D eigenvalue weighted by Gasteiger charge is 2.32. The van der Waals surface area contributed by atoms with Crippen LogP contribution in [-0.2, 0) is 11.2 Å². The number of carbonyl (C=O) groups is 1. The first-order valence-electron chi connectivity index (χ1n) is 7.27. The molecule has 4 heteroatoms. The molecular formula is C16H19N3O. The van der Waals surface area contributed by atoms with Gasteiger partial charge in [-0.2, -0.15) is 5.26 Å². The minimum absolute atomic E-state index is 0.209. The van der Waals surface area contributed by atoms with E-state index in [1.807, 2.05) is 17.0 Å². The zero-order chi connectivity index (χ0) is 13.9. The number of hydrogen-bond acceptors (Lipinski definition) is 3. The van der Waals surface area contributed by atoms with Crippen molar-refractivity contribution in [2.45, 2.75) is 25.3 Å². The highest BCUT2D eigenvalue weighted by molar-refractivity contribution is 5.79. The Balaban J connectivity index is 1.60. The number of carbonyl (C=O) groups excluding carboxylic acids is 1. The fraction of sp³-hybridized carbons (Fsp3) is 0.500. The van der Waals surface area contributed by atoms with E-state index in [9.17, 15) is 4.79 Å². The maximum atomic E-state index is 12.4. The number of rotatable bonds is 2. The fourth-order valence-corrected chi connectivity index (χ4v) is 3.20. The molecule has 0 spiro atoms. The van der Waals surface area contributed by atoms with Crippen molar-refractivity contribution >= 4 is 5.91 Å². The molecule has 0 N–H and O–H groups in total. The Hall–Kier alpha value is -1.86. The number of piperazine rings is 1. The smallest absolute Gasteiger partial charge is 0.227 e. The predicted octanol–water partition coefficient (Wildman–Crippen LogP) is 1.41. The van der Waals surface area contributed by atoms with Gasteiger partial charge in [0.15, 0.2) is 0 Å². The molecule has 1 amide bonds. The molecule has 1 aromatic rings. The second-order valence-corrected chi connectivity index (χ2v) is 5.66. The summed E-state index contributed by atoms with van der Waals surface area (Å²) in [5, 5.41) is 8.77. The predicted molar refractivity (Wildman–Crippen MR) is 76.0 cm³/mol. The molecule has 0 radical (unpaired) electrons. The second-order valence-electron chi connectivity index (χ2n) is 5.66. The molecule has 0 aliphatic carbocycles. The summed E-state index contributed by atoms with van der Waals surface area (Å²) in [5.41, 5.74) is 1.63. The van der Waals surface area contributed by atoms with Gasteiger partial charge >= 0.3 is 0 Å². The molecule has 0 aromatic heterocycles. The van der Waals surface area contributed by atoms with Gasteiger partial charge in [0.25, 0.3) is 0 Å². The molecule has 3 rings (SSSR count). The van der Waals surface area contributed by atoms with E-state index in [2.05, 4.69) is 11.0 Å². The van der Waals surface area contributed by atoms with E-state index < -0.39 is 0 Å². The Bertz CT molecular complexity index is 532. The third-order valence-corrected chi connectivity index (χ3v) is 4.38. The van der Waals surface area contributed by atoms with E-state index in [1.165, 1.54) is 19.4 Å². The normalized spacial score (nSPS) is 22.4. The van der Waals surface area contributed by atoms with Gasteiger partial charge in [0.05, 0.1) is 18.1 Å². The van der Waals surface area contributed by atoms with Crippen LogP contribution in [0.5, 0.6) is 0 Å². The molecule has 104 valence electrons. The van der Waals surface area contributed by atoms with E-state index in [0.29, 0.717) is 18.0 Å². The zero-order valence-electron chi connectivity index (χ0n) is 11.6. The molecule has 1 aromatic carbocycles. The van der Waals surface area contributed by atoms with Crippen LogP contribution in [0.15, 0.2) is 24.3 Å². The summed E-state index contributed by atoms with van der Waals surface area (Å²) in [6, 6.07) is 9.98. The van der Waals surface area contributed by atoms with E-state index in [1.54, 1.807) is 12.1 Å². The van der Waals surface area contributed by atoms with Crippen LogP contribution in [0.1, 0.15) is 24.0 Å². The van der Waals surface area contributed by atoms with Crippen molar-refractivity contribution in [2.75, 3.05) is 26.2 Å². The van der Waals surface area contributed by atoms with Crippen LogP contribution in [0.25, 0.3) is 0 Å². The average molecular weight is 269 g/mol. The van der Waals surface area contributed by atoms with Crippen LogP contribution in [0, 0.1) is 11.3 Å². The Labute approximate surface area is 119 Å². The minimum atomic E-state index is 0.209. The molecule has 2 fully saturated rings. The summed E-state index contributed by atoms with van der Waals surface area (Å²) >= 11 is 0. The van der Waals surface area contributed by atoms with E-state index in [0.717, 1.165) is 25.2 Å². The highest BCUT2D eigenvalue weighted by Crippen LogP contribution is 2.21. The molecule has 1 atom stereocenters. The van der Waals surface area contributed by atoms with Crippen molar-refractivity contribution < 1.29 is 4.79 Å². The van der Waals surface area contributed by atoms with Crippen molar-refractivity contribution in [3.8, 4) is 6.07 Å². The molecule has 0 bridgehead atoms. The van der Waals surface area contributed by atoms with Gasteiger partial charge in [-0.1, -0.05) is 12.1 Å². The van der Waals surface area contributed by atoms with Gasteiger partial charge in [-0.05, 0) is 37.1 Å². The summed E-state index contributed by atoms with van der Waals surface area (Å²) < 4.78 is 0. The summed E-state index contributed by atoms with van der Waals surface area (Å²) in [5.74, 6) is 0.209. The number of nitrogens with zero attached hydrogens (tertiary/aromatic N) is 3. The lowest BCUT2D eigenvalue weighted by molar-refractivity contribution is -0.133. The standard InChI is InChI=1S/C16H19N3O/c17-11-14-5-3-13(4-6-14)10-16(20)19-9-8-18-7-1-2-15(18)12-19/h3-6,15H,1-2,7-10,12H2. The number of hydrogen-bond donors (Lipinski definition) is 0. The lowest BCUT2D eigenvalue weighted by Crippen LogP contribution is -2.52. The van der Waals surface area contributed by atoms with Crippen molar-refractivity contribution in [1.29, 1.82) is 5.26 Å². The van der Waals surface area contributed by atoms with Gasteiger partial charge < -0.3 is 4.90 Å². The molecule has 4 nitrogen and oxygen atoms in total. The van der Waals surface area contributed by atoms with Gasteiger partial charge in [-0.25, -0.2) is 0 Å². The van der Waals surface area contributed by atoms with Gasteiger partial charge in [-0.15, -0.1) is 0 Å². The van der Waals surface area contributed by atoms with E-state index in [-0.39, 0.29) is 5.91 Å². The monoisotopic (exact) mass is 269 g/mol. The molecule has 20 heavy (non-hydrogen) atoms. The Morgan fingerprint density at radius 2 is 2.05 bits per heavy atom. The Morgan fingerprint density at radius 3 is 2.80 bits per heavy atom. The van der Waals surface area contributed by atoms with Crippen molar-refractivity contribution in [2.24, 2.45) is 0 Å². The lowest BCUT2D eigenvalue weighted by Gasteiger charge is -2.37. The quantitative estimate of drug-likeness (QED) is 0.815. The number of nitriles is 1. The van der Waals surface area contributed by atoms with Crippen molar-refractivity contribution in [1.82, 2.24) is 9.80 Å². The maximum absolute atomic E-state index is 12.4. The SMILES string of the molecule is N#Cc1ccc(CC(=O)N2CCN3CCCC3C2)cc1. The highest BCUT2D eigenvalue weighted by atomic mass is 16.2. The fourth-order valence-electron chi connectivity index (χ4n) is 3.20. The number of amides is 1. The third kappa shape index (κ3) is 2.68. The Kier molecular flexibility index (Phi) is 3.70. The largest absolute Gasteiger partial charge is 0.340 e. The molecule has 2 heterocycles. The van der Waals surface area contributed by atoms with Crippen LogP contribution < -0.4 is 0 Å². The minimum Gasteiger partial charge on any atom is -0.340 e. The van der Waals surface area contributed by atoms with Crippen LogP contribution in [-0.4, -0.2) is 47.9 Å². The first-order valence-corrected chi connectivity index (χ1v) is 7.27. The van der Waals surface area contributed by atoms with Crippen molar-refractivity contribution in [3.05, 3.63) is 35.4 Å². The number of fused-ring (bicyclic) bond motifs is 1. The second kappa shape index (κ2) is 5.64. The summed E-state index contributed by atoms with van der Waals surface area (Å²) in [7, 11) is 0. The van der Waals surface area contributed by atoms with E-state index >= 15 is 0 Å². The Morgan fingerprint density at radius 1 is 1.25 bits per heavy atom. The van der Waals surface area contributed by atoms with Crippen LogP contribution in [0.3, 0.4) is 0 Å². The summed E-state index contributed by atoms with van der Waals surface area (Å²) in [6.07, 6.45) is 2.93. The average Bonchev–Trinajstić information content (AvgIpc) is 2.95. The first kappa shape index (κ1) is 13.1. The molecule has 1 unspecified atom stereocenters. The van der Waals surface area contributed by atoms with Gasteiger partial charge in [0, 0.05) is 25.7 Å². The summed E-state index contributed by atoms with van der Waals surface area (Å²) in [4.78, 5) is 16.9. The van der Waals surface area contributed by atoms with Crippen LogP contribution >= 0.6 is 0 Å². The zero-order valence-corrected chi connectivity index (χ0v) is 11.6. The number of benzene rings is 1. The first-order chi connectivity index (χ1) is 9.76. The lowest BCUT2D eigenvalue weighted by atomic mass is 10.1.